The Hall–Kier alpha value is -3.85. The van der Waals surface area contributed by atoms with Gasteiger partial charge in [0.05, 0.1) is 17.2 Å². The smallest absolute Gasteiger partial charge is 0.264 e. The van der Waals surface area contributed by atoms with E-state index < -0.39 is 28.5 Å². The average Bonchev–Trinajstić information content (AvgIpc) is 2.95. The van der Waals surface area contributed by atoms with Gasteiger partial charge >= 0.3 is 0 Å². The van der Waals surface area contributed by atoms with Gasteiger partial charge in [0.1, 0.15) is 18.3 Å². The quantitative estimate of drug-likeness (QED) is 0.307. The Morgan fingerprint density at radius 1 is 0.875 bits per heavy atom. The second-order valence-corrected chi connectivity index (χ2v) is 11.5. The normalized spacial score (nSPS) is 12.0. The molecule has 3 aromatic carbocycles. The van der Waals surface area contributed by atoms with Crippen LogP contribution in [0.2, 0.25) is 0 Å². The molecule has 8 nitrogen and oxygen atoms in total. The van der Waals surface area contributed by atoms with Crippen molar-refractivity contribution in [2.45, 2.75) is 57.5 Å². The largest absolute Gasteiger partial charge is 0.494 e. The number of sulfonamides is 1. The number of nitrogens with zero attached hydrogens (tertiary/aromatic N) is 2. The molecule has 40 heavy (non-hydrogen) atoms. The van der Waals surface area contributed by atoms with Gasteiger partial charge in [-0.05, 0) is 75.6 Å². The summed E-state index contributed by atoms with van der Waals surface area (Å²) in [7, 11) is -4.10. The highest BCUT2D eigenvalue weighted by Gasteiger charge is 2.33. The lowest BCUT2D eigenvalue weighted by Gasteiger charge is -2.33. The van der Waals surface area contributed by atoms with E-state index in [1.54, 1.807) is 42.5 Å². The Morgan fingerprint density at radius 2 is 1.48 bits per heavy atom. The van der Waals surface area contributed by atoms with Gasteiger partial charge < -0.3 is 15.0 Å². The van der Waals surface area contributed by atoms with E-state index in [4.69, 9.17) is 4.74 Å². The molecule has 214 valence electrons. The molecule has 3 rings (SSSR count). The summed E-state index contributed by atoms with van der Waals surface area (Å²) in [4.78, 5) is 28.7. The maximum absolute atomic E-state index is 14.0. The molecule has 2 amide bonds. The topological polar surface area (TPSA) is 96.0 Å². The summed E-state index contributed by atoms with van der Waals surface area (Å²) in [6.07, 6.45) is 0.903. The third kappa shape index (κ3) is 8.08. The molecule has 0 aliphatic rings. The molecule has 1 N–H and O–H groups in total. The van der Waals surface area contributed by atoms with Crippen molar-refractivity contribution in [2.75, 3.05) is 24.0 Å². The molecule has 0 aliphatic heterocycles. The van der Waals surface area contributed by atoms with Crippen molar-refractivity contribution in [3.05, 3.63) is 90.5 Å². The highest BCUT2D eigenvalue weighted by molar-refractivity contribution is 7.92. The molecule has 0 heterocycles. The second-order valence-electron chi connectivity index (χ2n) is 9.66. The van der Waals surface area contributed by atoms with Crippen LogP contribution in [0.15, 0.2) is 89.8 Å². The summed E-state index contributed by atoms with van der Waals surface area (Å²) in [6, 6.07) is 23.4. The first-order chi connectivity index (χ1) is 19.2. The summed E-state index contributed by atoms with van der Waals surface area (Å²) in [5, 5.41) is 2.91. The van der Waals surface area contributed by atoms with Crippen LogP contribution >= 0.6 is 0 Å². The molecule has 1 atom stereocenters. The van der Waals surface area contributed by atoms with Crippen LogP contribution in [-0.2, 0) is 26.0 Å². The van der Waals surface area contributed by atoms with Crippen LogP contribution in [0.1, 0.15) is 39.7 Å². The van der Waals surface area contributed by atoms with Crippen LogP contribution in [0, 0.1) is 0 Å². The van der Waals surface area contributed by atoms with Gasteiger partial charge in [-0.2, -0.15) is 0 Å². The lowest BCUT2D eigenvalue weighted by Crippen LogP contribution is -2.54. The molecule has 9 heteroatoms. The number of hydrogen-bond acceptors (Lipinski definition) is 5. The zero-order chi connectivity index (χ0) is 29.1. The minimum Gasteiger partial charge on any atom is -0.494 e. The monoisotopic (exact) mass is 565 g/mol. The van der Waals surface area contributed by atoms with Crippen LogP contribution in [0.3, 0.4) is 0 Å². The number of hydrogen-bond donors (Lipinski definition) is 1. The van der Waals surface area contributed by atoms with Gasteiger partial charge in [0.25, 0.3) is 10.0 Å². The van der Waals surface area contributed by atoms with E-state index in [9.17, 15) is 18.0 Å². The van der Waals surface area contributed by atoms with Crippen molar-refractivity contribution in [1.82, 2.24) is 10.2 Å². The molecule has 0 aromatic heterocycles. The third-order valence-electron chi connectivity index (χ3n) is 6.35. The predicted octanol–water partition coefficient (Wildman–Crippen LogP) is 4.66. The zero-order valence-corrected chi connectivity index (χ0v) is 24.4. The molecule has 0 saturated heterocycles. The molecule has 0 saturated carbocycles. The van der Waals surface area contributed by atoms with Crippen LogP contribution in [0.5, 0.6) is 5.75 Å². The number of carbonyl (C=O) groups is 2. The zero-order valence-electron chi connectivity index (χ0n) is 23.6. The molecule has 1 unspecified atom stereocenters. The van der Waals surface area contributed by atoms with Crippen LogP contribution in [0.4, 0.5) is 5.69 Å². The number of anilines is 1. The first kappa shape index (κ1) is 30.7. The fourth-order valence-electron chi connectivity index (χ4n) is 4.40. The number of ether oxygens (including phenoxy) is 1. The van der Waals surface area contributed by atoms with E-state index in [0.717, 1.165) is 9.87 Å². The lowest BCUT2D eigenvalue weighted by molar-refractivity contribution is -0.139. The Bertz CT molecular complexity index is 1330. The number of nitrogens with one attached hydrogen (secondary N) is 1. The first-order valence-electron chi connectivity index (χ1n) is 13.6. The Balaban J connectivity index is 2.00. The summed E-state index contributed by atoms with van der Waals surface area (Å²) >= 11 is 0. The molecular formula is C31H39N3O5S. The van der Waals surface area contributed by atoms with Crippen molar-refractivity contribution in [2.24, 2.45) is 0 Å². The van der Waals surface area contributed by atoms with E-state index >= 15 is 0 Å². The van der Waals surface area contributed by atoms with E-state index in [-0.39, 0.29) is 23.4 Å². The highest BCUT2D eigenvalue weighted by Crippen LogP contribution is 2.26. The summed E-state index contributed by atoms with van der Waals surface area (Å²) in [5.74, 6) is -0.136. The predicted molar refractivity (Wildman–Crippen MR) is 158 cm³/mol. The van der Waals surface area contributed by atoms with Crippen LogP contribution in [-0.4, -0.2) is 56.9 Å². The first-order valence-corrected chi connectivity index (χ1v) is 15.1. The van der Waals surface area contributed by atoms with Crippen molar-refractivity contribution < 1.29 is 22.7 Å². The molecule has 0 aliphatic carbocycles. The van der Waals surface area contributed by atoms with Crippen molar-refractivity contribution in [3.8, 4) is 5.75 Å². The lowest BCUT2D eigenvalue weighted by atomic mass is 10.1. The van der Waals surface area contributed by atoms with E-state index in [0.29, 0.717) is 30.9 Å². The van der Waals surface area contributed by atoms with Gasteiger partial charge in [-0.1, -0.05) is 55.5 Å². The van der Waals surface area contributed by atoms with Gasteiger partial charge in [-0.3, -0.25) is 13.9 Å². The molecule has 0 spiro atoms. The van der Waals surface area contributed by atoms with E-state index in [2.05, 4.69) is 5.32 Å². The number of amides is 2. The van der Waals surface area contributed by atoms with Crippen molar-refractivity contribution in [1.29, 1.82) is 0 Å². The fraction of sp³-hybridized carbons (Fsp3) is 0.355. The molecular weight excluding hydrogens is 526 g/mol. The molecule has 0 radical (unpaired) electrons. The fourth-order valence-corrected chi connectivity index (χ4v) is 5.84. The second kappa shape index (κ2) is 14.5. The van der Waals surface area contributed by atoms with Gasteiger partial charge in [-0.25, -0.2) is 8.42 Å². The Kier molecular flexibility index (Phi) is 11.1. The molecule has 0 fully saturated rings. The highest BCUT2D eigenvalue weighted by atomic mass is 32.2. The number of benzene rings is 3. The maximum Gasteiger partial charge on any atom is 0.264 e. The Labute approximate surface area is 238 Å². The van der Waals surface area contributed by atoms with Gasteiger partial charge in [0, 0.05) is 12.6 Å². The summed E-state index contributed by atoms with van der Waals surface area (Å²) in [5.41, 5.74) is 1.34. The summed E-state index contributed by atoms with van der Waals surface area (Å²) < 4.78 is 34.3. The average molecular weight is 566 g/mol. The Morgan fingerprint density at radius 3 is 2.02 bits per heavy atom. The SMILES string of the molecule is CCOc1ccc(N(CC(=O)N(CCc2ccccc2)C(CC)C(=O)NC(C)C)S(=O)(=O)c2ccccc2)cc1. The molecule has 0 bridgehead atoms. The van der Waals surface area contributed by atoms with Crippen LogP contribution in [0.25, 0.3) is 0 Å². The van der Waals surface area contributed by atoms with E-state index in [1.165, 1.54) is 17.0 Å². The van der Waals surface area contributed by atoms with Gasteiger partial charge in [0.15, 0.2) is 0 Å². The third-order valence-corrected chi connectivity index (χ3v) is 8.13. The van der Waals surface area contributed by atoms with Crippen molar-refractivity contribution >= 4 is 27.5 Å². The number of carbonyl (C=O) groups excluding carboxylic acids is 2. The summed E-state index contributed by atoms with van der Waals surface area (Å²) in [6.45, 7) is 7.69. The maximum atomic E-state index is 14.0. The van der Waals surface area contributed by atoms with Crippen molar-refractivity contribution in [3.63, 3.8) is 0 Å². The van der Waals surface area contributed by atoms with Gasteiger partial charge in [-0.15, -0.1) is 0 Å². The number of rotatable bonds is 14. The molecule has 3 aromatic rings. The van der Waals surface area contributed by atoms with Gasteiger partial charge in [0.2, 0.25) is 11.8 Å². The van der Waals surface area contributed by atoms with Crippen LogP contribution < -0.4 is 14.4 Å². The minimum absolute atomic E-state index is 0.0668. The standard InChI is InChI=1S/C31H39N3O5S/c1-5-29(31(36)32-24(3)4)33(22-21-25-13-9-7-10-14-25)30(35)23-34(26-17-19-27(20-18-26)39-6-2)40(37,38)28-15-11-8-12-16-28/h7-20,24,29H,5-6,21-23H2,1-4H3,(H,32,36). The minimum atomic E-state index is -4.10. The van der Waals surface area contributed by atoms with E-state index in [1.807, 2.05) is 58.0 Å².